The fraction of sp³-hybridized carbons (Fsp3) is 0.455. The van der Waals surface area contributed by atoms with Crippen molar-refractivity contribution >= 4 is 0 Å². The summed E-state index contributed by atoms with van der Waals surface area (Å²) in [4.78, 5) is 0. The molecule has 0 aromatic heterocycles. The molecule has 70 valence electrons. The van der Waals surface area contributed by atoms with Crippen molar-refractivity contribution in [1.29, 1.82) is 0 Å². The highest BCUT2D eigenvalue weighted by Crippen LogP contribution is 2.27. The third-order valence-electron chi connectivity index (χ3n) is 2.41. The fourth-order valence-corrected chi connectivity index (χ4v) is 1.64. The van der Waals surface area contributed by atoms with Crippen LogP contribution in [0.15, 0.2) is 18.2 Å². The Morgan fingerprint density at radius 3 is 3.08 bits per heavy atom. The molecule has 0 bridgehead atoms. The Labute approximate surface area is 78.2 Å². The average Bonchev–Trinajstić information content (AvgIpc) is 2.17. The number of benzene rings is 1. The summed E-state index contributed by atoms with van der Waals surface area (Å²) >= 11 is 0. The van der Waals surface area contributed by atoms with Gasteiger partial charge in [0, 0.05) is 0 Å². The van der Waals surface area contributed by atoms with Crippen LogP contribution in [0.3, 0.4) is 0 Å². The summed E-state index contributed by atoms with van der Waals surface area (Å²) in [6, 6.07) is 5.92. The molecule has 2 rings (SSSR count). The Kier molecular flexibility index (Phi) is 2.23. The molecular weight excluding hydrogens is 164 g/mol. The molecule has 0 unspecified atom stereocenters. The molecule has 1 aliphatic rings. The first-order chi connectivity index (χ1) is 6.27. The monoisotopic (exact) mass is 178 g/mol. The number of rotatable bonds is 1. The highest BCUT2D eigenvalue weighted by molar-refractivity contribution is 5.39. The zero-order valence-corrected chi connectivity index (χ0v) is 7.79. The summed E-state index contributed by atoms with van der Waals surface area (Å²) in [6.45, 7) is 2.60. The molecule has 0 spiro atoms. The lowest BCUT2D eigenvalue weighted by atomic mass is 10.0. The van der Waals surface area contributed by atoms with Crippen molar-refractivity contribution in [1.82, 2.24) is 0 Å². The number of aryl methyl sites for hydroxylation is 1. The minimum absolute atomic E-state index is 0.382. The van der Waals surface area contributed by atoms with E-state index in [1.54, 1.807) is 6.92 Å². The van der Waals surface area contributed by atoms with Crippen molar-refractivity contribution in [2.24, 2.45) is 0 Å². The molecule has 0 fully saturated rings. The molecule has 0 aliphatic carbocycles. The van der Waals surface area contributed by atoms with Crippen molar-refractivity contribution in [3.8, 4) is 5.75 Å². The molecule has 0 saturated carbocycles. The topological polar surface area (TPSA) is 29.5 Å². The minimum Gasteiger partial charge on any atom is -0.493 e. The Hall–Kier alpha value is -1.02. The van der Waals surface area contributed by atoms with E-state index in [4.69, 9.17) is 4.74 Å². The van der Waals surface area contributed by atoms with Gasteiger partial charge in [0.2, 0.25) is 0 Å². The van der Waals surface area contributed by atoms with Crippen LogP contribution in [0.2, 0.25) is 0 Å². The SMILES string of the molecule is C[C@H](O)c1ccc2c(c1)CCCO2. The molecule has 0 amide bonds. The van der Waals surface area contributed by atoms with Crippen LogP contribution < -0.4 is 4.74 Å². The van der Waals surface area contributed by atoms with E-state index in [-0.39, 0.29) is 6.10 Å². The Bertz CT molecular complexity index is 305. The second kappa shape index (κ2) is 3.38. The van der Waals surface area contributed by atoms with E-state index in [9.17, 15) is 5.11 Å². The first-order valence-corrected chi connectivity index (χ1v) is 4.71. The van der Waals surface area contributed by atoms with Gasteiger partial charge in [0.05, 0.1) is 12.7 Å². The smallest absolute Gasteiger partial charge is 0.122 e. The van der Waals surface area contributed by atoms with Gasteiger partial charge in [0.25, 0.3) is 0 Å². The van der Waals surface area contributed by atoms with E-state index >= 15 is 0 Å². The van der Waals surface area contributed by atoms with Gasteiger partial charge in [-0.2, -0.15) is 0 Å². The normalized spacial score (nSPS) is 17.4. The maximum absolute atomic E-state index is 9.38. The van der Waals surface area contributed by atoms with Gasteiger partial charge in [-0.05, 0) is 43.0 Å². The van der Waals surface area contributed by atoms with Gasteiger partial charge < -0.3 is 9.84 Å². The highest BCUT2D eigenvalue weighted by Gasteiger charge is 2.11. The number of aliphatic hydroxyl groups is 1. The van der Waals surface area contributed by atoms with Gasteiger partial charge in [-0.1, -0.05) is 6.07 Å². The number of hydrogen-bond donors (Lipinski definition) is 1. The van der Waals surface area contributed by atoms with E-state index in [1.165, 1.54) is 5.56 Å². The molecule has 2 nitrogen and oxygen atoms in total. The second-order valence-corrected chi connectivity index (χ2v) is 3.50. The van der Waals surface area contributed by atoms with Gasteiger partial charge in [0.1, 0.15) is 5.75 Å². The molecular formula is C11H14O2. The van der Waals surface area contributed by atoms with Crippen LogP contribution >= 0.6 is 0 Å². The van der Waals surface area contributed by atoms with Crippen LogP contribution in [-0.2, 0) is 6.42 Å². The Morgan fingerprint density at radius 2 is 2.31 bits per heavy atom. The van der Waals surface area contributed by atoms with E-state index in [0.29, 0.717) is 0 Å². The predicted molar refractivity (Wildman–Crippen MR) is 50.9 cm³/mol. The molecule has 0 saturated heterocycles. The summed E-state index contributed by atoms with van der Waals surface area (Å²) in [7, 11) is 0. The van der Waals surface area contributed by atoms with Crippen LogP contribution in [0.4, 0.5) is 0 Å². The van der Waals surface area contributed by atoms with E-state index in [2.05, 4.69) is 0 Å². The third-order valence-corrected chi connectivity index (χ3v) is 2.41. The molecule has 1 aliphatic heterocycles. The van der Waals surface area contributed by atoms with Crippen molar-refractivity contribution in [2.75, 3.05) is 6.61 Å². The number of ether oxygens (including phenoxy) is 1. The maximum Gasteiger partial charge on any atom is 0.122 e. The molecule has 2 heteroatoms. The zero-order valence-electron chi connectivity index (χ0n) is 7.79. The molecule has 1 aromatic rings. The molecule has 1 N–H and O–H groups in total. The first kappa shape index (κ1) is 8.57. The zero-order chi connectivity index (χ0) is 9.26. The number of hydrogen-bond acceptors (Lipinski definition) is 2. The minimum atomic E-state index is -0.382. The largest absolute Gasteiger partial charge is 0.493 e. The van der Waals surface area contributed by atoms with Crippen molar-refractivity contribution in [3.63, 3.8) is 0 Å². The third kappa shape index (κ3) is 1.68. The number of aliphatic hydroxyl groups excluding tert-OH is 1. The fourth-order valence-electron chi connectivity index (χ4n) is 1.64. The van der Waals surface area contributed by atoms with Gasteiger partial charge in [-0.3, -0.25) is 0 Å². The molecule has 1 heterocycles. The summed E-state index contributed by atoms with van der Waals surface area (Å²) in [5.74, 6) is 0.982. The molecule has 1 atom stereocenters. The quantitative estimate of drug-likeness (QED) is 0.713. The highest BCUT2D eigenvalue weighted by atomic mass is 16.5. The van der Waals surface area contributed by atoms with Crippen LogP contribution in [0.5, 0.6) is 5.75 Å². The van der Waals surface area contributed by atoms with Gasteiger partial charge in [0.15, 0.2) is 0 Å². The van der Waals surface area contributed by atoms with Crippen molar-refractivity contribution in [3.05, 3.63) is 29.3 Å². The lowest BCUT2D eigenvalue weighted by molar-refractivity contribution is 0.198. The summed E-state index contributed by atoms with van der Waals surface area (Å²) in [5, 5.41) is 9.38. The van der Waals surface area contributed by atoms with Crippen molar-refractivity contribution < 1.29 is 9.84 Å². The van der Waals surface area contributed by atoms with E-state index < -0.39 is 0 Å². The summed E-state index contributed by atoms with van der Waals surface area (Å²) in [5.41, 5.74) is 2.20. The van der Waals surface area contributed by atoms with Gasteiger partial charge in [-0.25, -0.2) is 0 Å². The number of fused-ring (bicyclic) bond motifs is 1. The predicted octanol–water partition coefficient (Wildman–Crippen LogP) is 2.06. The molecule has 0 radical (unpaired) electrons. The Morgan fingerprint density at radius 1 is 1.46 bits per heavy atom. The van der Waals surface area contributed by atoms with Crippen molar-refractivity contribution in [2.45, 2.75) is 25.9 Å². The molecule has 13 heavy (non-hydrogen) atoms. The summed E-state index contributed by atoms with van der Waals surface area (Å²) in [6.07, 6.45) is 1.76. The lowest BCUT2D eigenvalue weighted by Gasteiger charge is -2.18. The van der Waals surface area contributed by atoms with Crippen LogP contribution in [0, 0.1) is 0 Å². The standard InChI is InChI=1S/C11H14O2/c1-8(12)9-4-5-11-10(7-9)3-2-6-13-11/h4-5,7-8,12H,2-3,6H2,1H3/t8-/m0/s1. The Balaban J connectivity index is 2.35. The van der Waals surface area contributed by atoms with E-state index in [1.807, 2.05) is 18.2 Å². The molecule has 1 aromatic carbocycles. The average molecular weight is 178 g/mol. The van der Waals surface area contributed by atoms with Crippen LogP contribution in [-0.4, -0.2) is 11.7 Å². The first-order valence-electron chi connectivity index (χ1n) is 4.71. The second-order valence-electron chi connectivity index (χ2n) is 3.50. The summed E-state index contributed by atoms with van der Waals surface area (Å²) < 4.78 is 5.48. The van der Waals surface area contributed by atoms with Gasteiger partial charge >= 0.3 is 0 Å². The van der Waals surface area contributed by atoms with Crippen LogP contribution in [0.1, 0.15) is 30.6 Å². The lowest BCUT2D eigenvalue weighted by Crippen LogP contribution is -2.08. The van der Waals surface area contributed by atoms with E-state index in [0.717, 1.165) is 30.8 Å². The van der Waals surface area contributed by atoms with Crippen LogP contribution in [0.25, 0.3) is 0 Å². The maximum atomic E-state index is 9.38. The van der Waals surface area contributed by atoms with Gasteiger partial charge in [-0.15, -0.1) is 0 Å².